The van der Waals surface area contributed by atoms with Crippen molar-refractivity contribution in [2.45, 2.75) is 0 Å². The Morgan fingerprint density at radius 3 is 2.50 bits per heavy atom. The molecule has 0 spiro atoms. The van der Waals surface area contributed by atoms with E-state index < -0.39 is 0 Å². The summed E-state index contributed by atoms with van der Waals surface area (Å²) in [4.78, 5) is 23.2. The van der Waals surface area contributed by atoms with Crippen molar-refractivity contribution in [3.05, 3.63) is 51.1 Å². The van der Waals surface area contributed by atoms with E-state index in [1.54, 1.807) is 43.2 Å². The molecule has 0 radical (unpaired) electrons. The number of rotatable bonds is 2. The molecule has 0 aliphatic carbocycles. The normalized spacial score (nSPS) is 10.4. The lowest BCUT2D eigenvalue weighted by Crippen LogP contribution is -2.19. The zero-order chi connectivity index (χ0) is 13.3. The van der Waals surface area contributed by atoms with Gasteiger partial charge in [-0.2, -0.15) is 0 Å². The van der Waals surface area contributed by atoms with Gasteiger partial charge in [-0.15, -0.1) is 0 Å². The van der Waals surface area contributed by atoms with Gasteiger partial charge in [0.05, 0.1) is 5.69 Å². The van der Waals surface area contributed by atoms with Crippen molar-refractivity contribution in [3.63, 3.8) is 0 Å². The Bertz CT molecular complexity index is 658. The Morgan fingerprint density at radius 2 is 1.94 bits per heavy atom. The number of aryl methyl sites for hydroxylation is 2. The Hall–Kier alpha value is -1.82. The van der Waals surface area contributed by atoms with Gasteiger partial charge >= 0.3 is 0 Å². The number of carbonyl (C=O) groups is 1. The number of anilines is 1. The highest BCUT2D eigenvalue weighted by molar-refractivity contribution is 9.10. The van der Waals surface area contributed by atoms with Crippen LogP contribution in [-0.4, -0.2) is 15.0 Å². The van der Waals surface area contributed by atoms with Gasteiger partial charge in [0.1, 0.15) is 5.69 Å². The molecule has 0 aliphatic rings. The molecule has 2 rings (SSSR count). The van der Waals surface area contributed by atoms with Crippen molar-refractivity contribution >= 4 is 27.5 Å². The van der Waals surface area contributed by atoms with Gasteiger partial charge in [0.25, 0.3) is 5.91 Å². The number of pyridine rings is 1. The lowest BCUT2D eigenvalue weighted by atomic mass is 10.3. The average Bonchev–Trinajstić information content (AvgIpc) is 2.63. The van der Waals surface area contributed by atoms with Crippen LogP contribution in [0.1, 0.15) is 10.5 Å². The molecule has 94 valence electrons. The highest BCUT2D eigenvalue weighted by Gasteiger charge is 2.11. The summed E-state index contributed by atoms with van der Waals surface area (Å²) < 4.78 is 3.98. The van der Waals surface area contributed by atoms with E-state index in [9.17, 15) is 9.59 Å². The van der Waals surface area contributed by atoms with E-state index in [1.807, 2.05) is 0 Å². The number of halogens is 1. The molecule has 1 amide bonds. The molecule has 1 N–H and O–H groups in total. The molecule has 0 fully saturated rings. The Labute approximate surface area is 112 Å². The summed E-state index contributed by atoms with van der Waals surface area (Å²) >= 11 is 3.31. The fourth-order valence-electron chi connectivity index (χ4n) is 1.61. The van der Waals surface area contributed by atoms with Crippen molar-refractivity contribution in [3.8, 4) is 0 Å². The highest BCUT2D eigenvalue weighted by atomic mass is 79.9. The second-order valence-corrected chi connectivity index (χ2v) is 4.89. The van der Waals surface area contributed by atoms with Gasteiger partial charge in [-0.3, -0.25) is 9.59 Å². The first-order valence-electron chi connectivity index (χ1n) is 5.27. The molecule has 2 heterocycles. The van der Waals surface area contributed by atoms with E-state index in [-0.39, 0.29) is 11.5 Å². The van der Waals surface area contributed by atoms with Crippen molar-refractivity contribution in [2.24, 2.45) is 14.1 Å². The molecule has 0 bridgehead atoms. The molecule has 0 aliphatic heterocycles. The summed E-state index contributed by atoms with van der Waals surface area (Å²) in [7, 11) is 3.43. The molecule has 18 heavy (non-hydrogen) atoms. The Balaban J connectivity index is 2.24. The minimum Gasteiger partial charge on any atom is -0.345 e. The fraction of sp³-hybridized carbons (Fsp3) is 0.167. The third-order valence-corrected chi connectivity index (χ3v) is 2.98. The second-order valence-electron chi connectivity index (χ2n) is 3.98. The third kappa shape index (κ3) is 2.53. The molecular formula is C12H12BrN3O2. The summed E-state index contributed by atoms with van der Waals surface area (Å²) in [5.41, 5.74) is 1.00. The largest absolute Gasteiger partial charge is 0.345 e. The second kappa shape index (κ2) is 4.81. The number of carbonyl (C=O) groups excluding carboxylic acids is 1. The number of aromatic nitrogens is 2. The maximum absolute atomic E-state index is 12.0. The standard InChI is InChI=1S/C12H12BrN3O2/c1-15-6-8(13)5-10(15)12(18)14-9-3-4-11(17)16(2)7-9/h3-7H,1-2H3,(H,14,18). The predicted octanol–water partition coefficient (Wildman–Crippen LogP) is 1.74. The van der Waals surface area contributed by atoms with E-state index in [0.717, 1.165) is 4.47 Å². The number of nitrogens with one attached hydrogen (secondary N) is 1. The summed E-state index contributed by atoms with van der Waals surface area (Å²) in [5, 5.41) is 2.74. The first-order valence-corrected chi connectivity index (χ1v) is 6.06. The van der Waals surface area contributed by atoms with Gasteiger partial charge < -0.3 is 14.5 Å². The van der Waals surface area contributed by atoms with Crippen LogP contribution in [0.4, 0.5) is 5.69 Å². The van der Waals surface area contributed by atoms with E-state index in [0.29, 0.717) is 11.4 Å². The maximum atomic E-state index is 12.0. The van der Waals surface area contributed by atoms with Crippen LogP contribution in [0.3, 0.4) is 0 Å². The minimum absolute atomic E-state index is 0.116. The van der Waals surface area contributed by atoms with Gasteiger partial charge in [-0.25, -0.2) is 0 Å². The van der Waals surface area contributed by atoms with Crippen molar-refractivity contribution in [2.75, 3.05) is 5.32 Å². The molecular weight excluding hydrogens is 298 g/mol. The van der Waals surface area contributed by atoms with Gasteiger partial charge in [0.2, 0.25) is 5.56 Å². The molecule has 0 saturated heterocycles. The Morgan fingerprint density at radius 1 is 1.22 bits per heavy atom. The topological polar surface area (TPSA) is 56.0 Å². The summed E-state index contributed by atoms with van der Waals surface area (Å²) in [6, 6.07) is 4.73. The average molecular weight is 310 g/mol. The van der Waals surface area contributed by atoms with Crippen LogP contribution in [0, 0.1) is 0 Å². The first-order chi connectivity index (χ1) is 8.47. The van der Waals surface area contributed by atoms with E-state index in [1.165, 1.54) is 10.6 Å². The minimum atomic E-state index is -0.221. The number of hydrogen-bond donors (Lipinski definition) is 1. The van der Waals surface area contributed by atoms with E-state index in [2.05, 4.69) is 21.2 Å². The SMILES string of the molecule is Cn1cc(Br)cc1C(=O)Nc1ccc(=O)n(C)c1. The zero-order valence-electron chi connectivity index (χ0n) is 9.98. The van der Waals surface area contributed by atoms with Crippen molar-refractivity contribution in [1.82, 2.24) is 9.13 Å². The van der Waals surface area contributed by atoms with Crippen molar-refractivity contribution < 1.29 is 4.79 Å². The van der Waals surface area contributed by atoms with Crippen LogP contribution in [0.15, 0.2) is 39.9 Å². The van der Waals surface area contributed by atoms with Crippen molar-refractivity contribution in [1.29, 1.82) is 0 Å². The molecule has 6 heteroatoms. The predicted molar refractivity (Wildman–Crippen MR) is 72.7 cm³/mol. The van der Waals surface area contributed by atoms with Gasteiger partial charge in [-0.05, 0) is 28.1 Å². The summed E-state index contributed by atoms with van der Waals surface area (Å²) in [5.74, 6) is -0.221. The van der Waals surface area contributed by atoms with Gasteiger partial charge in [0, 0.05) is 37.0 Å². The maximum Gasteiger partial charge on any atom is 0.272 e. The lowest BCUT2D eigenvalue weighted by Gasteiger charge is -2.07. The molecule has 0 saturated carbocycles. The Kier molecular flexibility index (Phi) is 3.38. The lowest BCUT2D eigenvalue weighted by molar-refractivity contribution is 0.101. The quantitative estimate of drug-likeness (QED) is 0.918. The molecule has 2 aromatic heterocycles. The van der Waals surface area contributed by atoms with Crippen LogP contribution in [0.2, 0.25) is 0 Å². The van der Waals surface area contributed by atoms with Crippen LogP contribution in [0.25, 0.3) is 0 Å². The van der Waals surface area contributed by atoms with Gasteiger partial charge in [0.15, 0.2) is 0 Å². The molecule has 0 aromatic carbocycles. The van der Waals surface area contributed by atoms with Crippen LogP contribution < -0.4 is 10.9 Å². The summed E-state index contributed by atoms with van der Waals surface area (Å²) in [6.45, 7) is 0. The highest BCUT2D eigenvalue weighted by Crippen LogP contribution is 2.15. The van der Waals surface area contributed by atoms with Crippen LogP contribution >= 0.6 is 15.9 Å². The molecule has 5 nitrogen and oxygen atoms in total. The molecule has 0 unspecified atom stereocenters. The number of hydrogen-bond acceptors (Lipinski definition) is 2. The van der Waals surface area contributed by atoms with E-state index >= 15 is 0 Å². The smallest absolute Gasteiger partial charge is 0.272 e. The van der Waals surface area contributed by atoms with E-state index in [4.69, 9.17) is 0 Å². The molecule has 2 aromatic rings. The molecule has 0 atom stereocenters. The fourth-order valence-corrected chi connectivity index (χ4v) is 2.14. The first kappa shape index (κ1) is 12.6. The zero-order valence-corrected chi connectivity index (χ0v) is 11.6. The third-order valence-electron chi connectivity index (χ3n) is 2.55. The number of nitrogens with zero attached hydrogens (tertiary/aromatic N) is 2. The van der Waals surface area contributed by atoms with Crippen LogP contribution in [0.5, 0.6) is 0 Å². The summed E-state index contributed by atoms with van der Waals surface area (Å²) in [6.07, 6.45) is 3.38. The van der Waals surface area contributed by atoms with Gasteiger partial charge in [-0.1, -0.05) is 0 Å². The number of amides is 1. The van der Waals surface area contributed by atoms with Crippen LogP contribution in [-0.2, 0) is 14.1 Å². The monoisotopic (exact) mass is 309 g/mol.